The molecule has 2 heterocycles. The summed E-state index contributed by atoms with van der Waals surface area (Å²) in [6, 6.07) is 11.7. The average Bonchev–Trinajstić information content (AvgIpc) is 3.04. The van der Waals surface area contributed by atoms with Crippen LogP contribution in [0.25, 0.3) is 0 Å². The zero-order valence-corrected chi connectivity index (χ0v) is 18.9. The normalized spacial score (nSPS) is 25.1. The molecule has 1 saturated heterocycles. The molecule has 0 radical (unpaired) electrons. The second-order valence-corrected chi connectivity index (χ2v) is 11.1. The fourth-order valence-corrected chi connectivity index (χ4v) is 6.87. The zero-order chi connectivity index (χ0) is 23.2. The number of likely N-dealkylation sites (tertiary alicyclic amines) is 1. The third-order valence-corrected chi connectivity index (χ3v) is 8.63. The standard InChI is InChI=1S/C25H25FN2O4S/c26-18-12-10-16(11-13-18)14-28-23(17-6-2-1-3-7-17)24(29)22(25(28)30)20-15-33(31,32)21-9-5-4-8-19(21)27-20/h4-5,8-13,17,22-23H,1-3,6-7,14-15H2/t22?,23-/m0/s1. The molecule has 33 heavy (non-hydrogen) atoms. The summed E-state index contributed by atoms with van der Waals surface area (Å²) in [4.78, 5) is 33.5. The highest BCUT2D eigenvalue weighted by molar-refractivity contribution is 7.92. The molecule has 8 heteroatoms. The number of amides is 1. The lowest BCUT2D eigenvalue weighted by molar-refractivity contribution is -0.131. The minimum absolute atomic E-state index is 0.0359. The van der Waals surface area contributed by atoms with Crippen molar-refractivity contribution in [2.24, 2.45) is 16.8 Å². The fourth-order valence-electron chi connectivity index (χ4n) is 5.38. The molecule has 0 aromatic heterocycles. The molecular weight excluding hydrogens is 443 g/mol. The van der Waals surface area contributed by atoms with Crippen LogP contribution in [0.4, 0.5) is 10.1 Å². The van der Waals surface area contributed by atoms with Gasteiger partial charge in [-0.05, 0) is 48.6 Å². The highest BCUT2D eigenvalue weighted by atomic mass is 32.2. The topological polar surface area (TPSA) is 83.9 Å². The van der Waals surface area contributed by atoms with Crippen molar-refractivity contribution < 1.29 is 22.4 Å². The number of benzene rings is 2. The van der Waals surface area contributed by atoms with Gasteiger partial charge >= 0.3 is 0 Å². The van der Waals surface area contributed by atoms with Crippen LogP contribution in [0.2, 0.25) is 0 Å². The summed E-state index contributed by atoms with van der Waals surface area (Å²) in [5, 5.41) is 0. The van der Waals surface area contributed by atoms with Gasteiger partial charge in [0.15, 0.2) is 15.6 Å². The van der Waals surface area contributed by atoms with Crippen molar-refractivity contribution in [3.8, 4) is 0 Å². The van der Waals surface area contributed by atoms with Gasteiger partial charge in [-0.1, -0.05) is 43.5 Å². The third kappa shape index (κ3) is 4.01. The Morgan fingerprint density at radius 2 is 1.67 bits per heavy atom. The number of rotatable bonds is 4. The third-order valence-electron chi connectivity index (χ3n) is 6.94. The van der Waals surface area contributed by atoms with E-state index in [0.29, 0.717) is 0 Å². The first-order valence-electron chi connectivity index (χ1n) is 11.3. The van der Waals surface area contributed by atoms with Crippen LogP contribution in [-0.4, -0.2) is 42.5 Å². The number of hydrogen-bond acceptors (Lipinski definition) is 5. The molecule has 0 spiro atoms. The van der Waals surface area contributed by atoms with E-state index in [1.807, 2.05) is 0 Å². The maximum atomic E-state index is 13.7. The van der Waals surface area contributed by atoms with E-state index in [-0.39, 0.29) is 40.4 Å². The smallest absolute Gasteiger partial charge is 0.239 e. The summed E-state index contributed by atoms with van der Waals surface area (Å²) >= 11 is 0. The number of sulfone groups is 1. The van der Waals surface area contributed by atoms with Gasteiger partial charge in [-0.15, -0.1) is 0 Å². The number of carbonyl (C=O) groups excluding carboxylic acids is 2. The van der Waals surface area contributed by atoms with Crippen LogP contribution in [0.1, 0.15) is 37.7 Å². The molecule has 1 unspecified atom stereocenters. The molecule has 2 aromatic carbocycles. The lowest BCUT2D eigenvalue weighted by atomic mass is 9.81. The number of carbonyl (C=O) groups is 2. The Balaban J connectivity index is 1.53. The molecular formula is C25H25FN2O4S. The van der Waals surface area contributed by atoms with E-state index in [1.165, 1.54) is 18.2 Å². The lowest BCUT2D eigenvalue weighted by Gasteiger charge is -2.32. The van der Waals surface area contributed by atoms with Crippen molar-refractivity contribution >= 4 is 32.9 Å². The molecule has 2 aromatic rings. The quantitative estimate of drug-likeness (QED) is 0.638. The summed E-state index contributed by atoms with van der Waals surface area (Å²) in [6.45, 7) is 0.180. The molecule has 2 aliphatic heterocycles. The molecule has 6 nitrogen and oxygen atoms in total. The summed E-state index contributed by atoms with van der Waals surface area (Å²) in [6.07, 6.45) is 4.81. The van der Waals surface area contributed by atoms with Crippen molar-refractivity contribution in [3.63, 3.8) is 0 Å². The lowest BCUT2D eigenvalue weighted by Crippen LogP contribution is -2.41. The number of halogens is 1. The Kier molecular flexibility index (Phi) is 5.64. The van der Waals surface area contributed by atoms with Crippen LogP contribution in [0.15, 0.2) is 58.4 Å². The first kappa shape index (κ1) is 21.9. The zero-order valence-electron chi connectivity index (χ0n) is 18.1. The predicted octanol–water partition coefficient (Wildman–Crippen LogP) is 3.86. The largest absolute Gasteiger partial charge is 0.327 e. The molecule has 1 saturated carbocycles. The van der Waals surface area contributed by atoms with Gasteiger partial charge in [-0.3, -0.25) is 14.6 Å². The number of aliphatic imine (C=N–C) groups is 1. The van der Waals surface area contributed by atoms with Crippen LogP contribution in [0, 0.1) is 17.7 Å². The van der Waals surface area contributed by atoms with Crippen molar-refractivity contribution in [1.82, 2.24) is 4.90 Å². The van der Waals surface area contributed by atoms with Gasteiger partial charge in [0.1, 0.15) is 11.7 Å². The number of para-hydroxylation sites is 1. The van der Waals surface area contributed by atoms with Gasteiger partial charge in [0, 0.05) is 6.54 Å². The SMILES string of the molecule is O=C1C(C2=Nc3ccccc3S(=O)(=O)C2)C(=O)N(Cc2ccc(F)cc2)[C@H]1C1CCCCC1. The maximum Gasteiger partial charge on any atom is 0.239 e. The average molecular weight is 469 g/mol. The minimum atomic E-state index is -3.69. The van der Waals surface area contributed by atoms with Crippen molar-refractivity contribution in [1.29, 1.82) is 0 Å². The van der Waals surface area contributed by atoms with Gasteiger partial charge in [0.2, 0.25) is 5.91 Å². The van der Waals surface area contributed by atoms with E-state index in [0.717, 1.165) is 37.7 Å². The summed E-state index contributed by atoms with van der Waals surface area (Å²) < 4.78 is 39.2. The molecule has 1 aliphatic carbocycles. The molecule has 2 atom stereocenters. The van der Waals surface area contributed by atoms with E-state index in [4.69, 9.17) is 0 Å². The van der Waals surface area contributed by atoms with Crippen LogP contribution in [0.3, 0.4) is 0 Å². The first-order chi connectivity index (χ1) is 15.8. The molecule has 172 valence electrons. The second kappa shape index (κ2) is 8.48. The Hall–Kier alpha value is -2.87. The molecule has 0 bridgehead atoms. The highest BCUT2D eigenvalue weighted by Crippen LogP contribution is 2.39. The molecule has 0 N–H and O–H groups in total. The number of ketones is 1. The molecule has 2 fully saturated rings. The first-order valence-corrected chi connectivity index (χ1v) is 13.0. The summed E-state index contributed by atoms with van der Waals surface area (Å²) in [5.74, 6) is -2.64. The Bertz CT molecular complexity index is 1230. The van der Waals surface area contributed by atoms with Crippen molar-refractivity contribution in [2.45, 2.75) is 49.6 Å². The van der Waals surface area contributed by atoms with E-state index < -0.39 is 33.5 Å². The van der Waals surface area contributed by atoms with Crippen LogP contribution in [-0.2, 0) is 26.0 Å². The van der Waals surface area contributed by atoms with E-state index in [2.05, 4.69) is 4.99 Å². The van der Waals surface area contributed by atoms with Gasteiger partial charge in [-0.25, -0.2) is 12.8 Å². The van der Waals surface area contributed by atoms with Crippen LogP contribution >= 0.6 is 0 Å². The molecule has 1 amide bonds. The van der Waals surface area contributed by atoms with Gasteiger partial charge in [0.25, 0.3) is 0 Å². The number of Topliss-reactive ketones (excluding diaryl/α,β-unsaturated/α-hetero) is 1. The number of fused-ring (bicyclic) bond motifs is 1. The highest BCUT2D eigenvalue weighted by Gasteiger charge is 2.53. The Labute approximate surface area is 192 Å². The van der Waals surface area contributed by atoms with Crippen LogP contribution < -0.4 is 0 Å². The van der Waals surface area contributed by atoms with Gasteiger partial charge in [0.05, 0.1) is 28.1 Å². The molecule has 3 aliphatic rings. The van der Waals surface area contributed by atoms with Gasteiger partial charge in [-0.2, -0.15) is 0 Å². The molecule has 5 rings (SSSR count). The van der Waals surface area contributed by atoms with E-state index in [9.17, 15) is 22.4 Å². The van der Waals surface area contributed by atoms with Crippen molar-refractivity contribution in [3.05, 3.63) is 59.9 Å². The Morgan fingerprint density at radius 3 is 2.39 bits per heavy atom. The number of nitrogens with zero attached hydrogens (tertiary/aromatic N) is 2. The predicted molar refractivity (Wildman–Crippen MR) is 121 cm³/mol. The fraction of sp³-hybridized carbons (Fsp3) is 0.400. The second-order valence-electron chi connectivity index (χ2n) is 9.10. The van der Waals surface area contributed by atoms with E-state index in [1.54, 1.807) is 35.2 Å². The van der Waals surface area contributed by atoms with Crippen LogP contribution in [0.5, 0.6) is 0 Å². The minimum Gasteiger partial charge on any atom is -0.327 e. The Morgan fingerprint density at radius 1 is 0.970 bits per heavy atom. The monoisotopic (exact) mass is 468 g/mol. The van der Waals surface area contributed by atoms with Crippen molar-refractivity contribution in [2.75, 3.05) is 5.75 Å². The van der Waals surface area contributed by atoms with E-state index >= 15 is 0 Å². The maximum absolute atomic E-state index is 13.7. The summed E-state index contributed by atoms with van der Waals surface area (Å²) in [5.41, 5.74) is 1.10. The summed E-state index contributed by atoms with van der Waals surface area (Å²) in [7, 11) is -3.69. The van der Waals surface area contributed by atoms with Gasteiger partial charge < -0.3 is 4.90 Å². The number of hydrogen-bond donors (Lipinski definition) is 0.